The van der Waals surface area contributed by atoms with Crippen LogP contribution in [0.4, 0.5) is 13.2 Å². The van der Waals surface area contributed by atoms with Gasteiger partial charge in [-0.05, 0) is 32.0 Å². The topological polar surface area (TPSA) is 119 Å². The monoisotopic (exact) mass is 396 g/mol. The third-order valence-corrected chi connectivity index (χ3v) is 5.65. The van der Waals surface area contributed by atoms with Gasteiger partial charge in [0, 0.05) is 0 Å². The normalized spacial score (nSPS) is 31.1. The molecule has 2 bridgehead atoms. The van der Waals surface area contributed by atoms with Crippen molar-refractivity contribution in [2.24, 2.45) is 0 Å². The van der Waals surface area contributed by atoms with Crippen molar-refractivity contribution in [2.75, 3.05) is 0 Å². The maximum Gasteiger partial charge on any atom is 0.417 e. The van der Waals surface area contributed by atoms with Crippen LogP contribution in [0.5, 0.6) is 11.8 Å². The molecule has 2 aromatic rings. The van der Waals surface area contributed by atoms with E-state index in [0.29, 0.717) is 6.07 Å². The highest BCUT2D eigenvalue weighted by Gasteiger charge is 2.69. The van der Waals surface area contributed by atoms with Crippen molar-refractivity contribution in [1.29, 1.82) is 5.26 Å². The largest absolute Gasteiger partial charge is 0.494 e. The first kappa shape index (κ1) is 18.6. The van der Waals surface area contributed by atoms with Gasteiger partial charge in [-0.3, -0.25) is 4.57 Å². The van der Waals surface area contributed by atoms with Gasteiger partial charge in [0.15, 0.2) is 0 Å². The van der Waals surface area contributed by atoms with Crippen molar-refractivity contribution in [3.05, 3.63) is 40.5 Å². The lowest BCUT2D eigenvalue weighted by Crippen LogP contribution is -2.44. The predicted molar refractivity (Wildman–Crippen MR) is 86.6 cm³/mol. The fourth-order valence-electron chi connectivity index (χ4n) is 4.30. The lowest BCUT2D eigenvalue weighted by molar-refractivity contribution is -0.137. The van der Waals surface area contributed by atoms with Gasteiger partial charge in [-0.1, -0.05) is 0 Å². The summed E-state index contributed by atoms with van der Waals surface area (Å²) in [6.07, 6.45) is -7.66. The number of hydrogen-bond acceptors (Lipinski definition) is 6. The molecule has 0 spiro atoms. The highest BCUT2D eigenvalue weighted by Crippen LogP contribution is 2.64. The number of alkyl halides is 3. The minimum atomic E-state index is -4.82. The number of aromatic hydroxyl groups is 2. The number of nitriles is 1. The average Bonchev–Trinajstić information content (AvgIpc) is 3.10. The van der Waals surface area contributed by atoms with Gasteiger partial charge in [-0.15, -0.1) is 0 Å². The molecule has 1 aromatic carbocycles. The minimum absolute atomic E-state index is 0.0109. The smallest absolute Gasteiger partial charge is 0.417 e. The molecule has 2 aliphatic heterocycles. The molecule has 28 heavy (non-hydrogen) atoms. The van der Waals surface area contributed by atoms with E-state index < -0.39 is 52.5 Å². The first-order valence-corrected chi connectivity index (χ1v) is 8.23. The molecule has 0 saturated carbocycles. The van der Waals surface area contributed by atoms with Gasteiger partial charge >= 0.3 is 6.18 Å². The molecule has 1 unspecified atom stereocenters. The van der Waals surface area contributed by atoms with Crippen molar-refractivity contribution in [3.8, 4) is 23.5 Å². The number of rotatable bonds is 1. The Balaban J connectivity index is 1.99. The van der Waals surface area contributed by atoms with Crippen LogP contribution in [0, 0.1) is 11.3 Å². The average molecular weight is 396 g/mol. The molecule has 4 rings (SSSR count). The Morgan fingerprint density at radius 3 is 2.00 bits per heavy atom. The van der Waals surface area contributed by atoms with Gasteiger partial charge in [-0.25, -0.2) is 0 Å². The van der Waals surface area contributed by atoms with Crippen LogP contribution in [0.25, 0.3) is 5.69 Å². The van der Waals surface area contributed by atoms with Gasteiger partial charge in [0.1, 0.15) is 23.4 Å². The van der Waals surface area contributed by atoms with E-state index in [1.54, 1.807) is 0 Å². The summed E-state index contributed by atoms with van der Waals surface area (Å²) < 4.78 is 46.3. The third-order valence-electron chi connectivity index (χ3n) is 5.65. The van der Waals surface area contributed by atoms with E-state index in [4.69, 9.17) is 10.00 Å². The zero-order chi connectivity index (χ0) is 20.8. The number of aliphatic hydroxyl groups excluding tert-OH is 2. The van der Waals surface area contributed by atoms with E-state index in [9.17, 15) is 33.6 Å². The summed E-state index contributed by atoms with van der Waals surface area (Å²) in [5.74, 6) is -1.25. The predicted octanol–water partition coefficient (Wildman–Crippen LogP) is 1.97. The summed E-state index contributed by atoms with van der Waals surface area (Å²) in [5.41, 5.74) is -5.22. The highest BCUT2D eigenvalue weighted by atomic mass is 19.4. The molecule has 148 valence electrons. The lowest BCUT2D eigenvalue weighted by atomic mass is 9.76. The standard InChI is InChI=1S/C18H15F3N2O5/c1-16-10-11(17(2,28-16)13(25)12(16)24)15(27)23(14(10)26)8-4-3-7(6-22)9(5-8)18(19,20)21/h3-5,12-13,24-27H,1-2H3/t12-,13-,16+,17?/m1/s1. The van der Waals surface area contributed by atoms with Crippen LogP contribution in [0.15, 0.2) is 18.2 Å². The fourth-order valence-corrected chi connectivity index (χ4v) is 4.30. The van der Waals surface area contributed by atoms with Gasteiger partial charge in [0.2, 0.25) is 11.8 Å². The molecule has 0 aliphatic carbocycles. The Morgan fingerprint density at radius 1 is 1.07 bits per heavy atom. The van der Waals surface area contributed by atoms with Crippen molar-refractivity contribution in [2.45, 2.75) is 43.4 Å². The molecule has 0 amide bonds. The number of aromatic nitrogens is 1. The first-order chi connectivity index (χ1) is 12.9. The van der Waals surface area contributed by atoms with Crippen molar-refractivity contribution < 1.29 is 38.3 Å². The molecular weight excluding hydrogens is 381 g/mol. The van der Waals surface area contributed by atoms with Crippen LogP contribution in [0.2, 0.25) is 0 Å². The molecule has 0 radical (unpaired) electrons. The Labute approximate surface area is 156 Å². The van der Waals surface area contributed by atoms with Gasteiger partial charge in [0.25, 0.3) is 0 Å². The SMILES string of the molecule is CC12O[C@@](C)(c3c1c(O)n(-c1ccc(C#N)c(C(F)(F)F)c1)c3O)[C@H](O)[C@H]2O. The zero-order valence-electron chi connectivity index (χ0n) is 14.6. The van der Waals surface area contributed by atoms with E-state index in [-0.39, 0.29) is 16.8 Å². The molecule has 1 fully saturated rings. The van der Waals surface area contributed by atoms with Crippen molar-refractivity contribution in [3.63, 3.8) is 0 Å². The Hall–Kier alpha value is -2.74. The molecule has 3 heterocycles. The molecular formula is C18H15F3N2O5. The number of aliphatic hydroxyl groups is 2. The summed E-state index contributed by atoms with van der Waals surface area (Å²) in [6, 6.07) is 4.16. The summed E-state index contributed by atoms with van der Waals surface area (Å²) >= 11 is 0. The number of fused-ring (bicyclic) bond motifs is 5. The summed E-state index contributed by atoms with van der Waals surface area (Å²) in [6.45, 7) is 2.81. The first-order valence-electron chi connectivity index (χ1n) is 8.23. The number of hydrogen-bond donors (Lipinski definition) is 4. The third kappa shape index (κ3) is 1.98. The molecule has 1 saturated heterocycles. The fraction of sp³-hybridized carbons (Fsp3) is 0.389. The van der Waals surface area contributed by atoms with Gasteiger partial charge in [0.05, 0.1) is 34.0 Å². The second-order valence-corrected chi connectivity index (χ2v) is 7.28. The summed E-state index contributed by atoms with van der Waals surface area (Å²) in [7, 11) is 0. The second-order valence-electron chi connectivity index (χ2n) is 7.28. The van der Waals surface area contributed by atoms with E-state index in [0.717, 1.165) is 16.7 Å². The molecule has 10 heteroatoms. The van der Waals surface area contributed by atoms with Crippen LogP contribution < -0.4 is 0 Å². The number of halogens is 3. The zero-order valence-corrected chi connectivity index (χ0v) is 14.6. The lowest BCUT2D eigenvalue weighted by Gasteiger charge is -2.29. The van der Waals surface area contributed by atoms with Crippen molar-refractivity contribution in [1.82, 2.24) is 4.57 Å². The Bertz CT molecular complexity index is 1010. The van der Waals surface area contributed by atoms with E-state index in [1.807, 2.05) is 0 Å². The highest BCUT2D eigenvalue weighted by molar-refractivity contribution is 5.63. The van der Waals surface area contributed by atoms with Crippen LogP contribution in [-0.4, -0.2) is 37.2 Å². The van der Waals surface area contributed by atoms with Crippen LogP contribution >= 0.6 is 0 Å². The van der Waals surface area contributed by atoms with Crippen LogP contribution in [0.1, 0.15) is 36.1 Å². The van der Waals surface area contributed by atoms with Crippen LogP contribution in [-0.2, 0) is 22.1 Å². The Morgan fingerprint density at radius 2 is 1.57 bits per heavy atom. The van der Waals surface area contributed by atoms with E-state index >= 15 is 0 Å². The second kappa shape index (κ2) is 5.20. The van der Waals surface area contributed by atoms with Crippen molar-refractivity contribution >= 4 is 0 Å². The summed E-state index contributed by atoms with van der Waals surface area (Å²) in [4.78, 5) is 0. The maximum absolute atomic E-state index is 13.3. The quantitative estimate of drug-likeness (QED) is 0.585. The van der Waals surface area contributed by atoms with Crippen LogP contribution in [0.3, 0.4) is 0 Å². The molecule has 4 atom stereocenters. The Kier molecular flexibility index (Phi) is 3.45. The van der Waals surface area contributed by atoms with Gasteiger partial charge in [-0.2, -0.15) is 18.4 Å². The molecule has 1 aromatic heterocycles. The van der Waals surface area contributed by atoms with Gasteiger partial charge < -0.3 is 25.2 Å². The van der Waals surface area contributed by atoms with E-state index in [2.05, 4.69) is 0 Å². The number of nitrogens with zero attached hydrogens (tertiary/aromatic N) is 2. The summed E-state index contributed by atoms with van der Waals surface area (Å²) in [5, 5.41) is 50.9. The minimum Gasteiger partial charge on any atom is -0.494 e. The molecule has 4 N–H and O–H groups in total. The maximum atomic E-state index is 13.3. The molecule has 7 nitrogen and oxygen atoms in total. The number of benzene rings is 1. The van der Waals surface area contributed by atoms with E-state index in [1.165, 1.54) is 19.9 Å². The molecule has 2 aliphatic rings. The number of ether oxygens (including phenoxy) is 1.